The van der Waals surface area contributed by atoms with E-state index in [1.807, 2.05) is 39.8 Å². The number of nitrogens with zero attached hydrogens (tertiary/aromatic N) is 3. The molecule has 1 amide bonds. The Morgan fingerprint density at radius 3 is 2.63 bits per heavy atom. The Kier molecular flexibility index (Phi) is 3.29. The fraction of sp³-hybridized carbons (Fsp3) is 0.286. The van der Waals surface area contributed by atoms with Crippen LogP contribution in [0.1, 0.15) is 10.5 Å². The Morgan fingerprint density at radius 1 is 1.16 bits per heavy atom. The first-order valence-corrected chi connectivity index (χ1v) is 6.44. The third kappa shape index (κ3) is 2.37. The first-order chi connectivity index (χ1) is 9.36. The average Bonchev–Trinajstić information content (AvgIpc) is 2.98. The van der Waals surface area contributed by atoms with Gasteiger partial charge in [0.25, 0.3) is 5.91 Å². The topological polar surface area (TPSA) is 50.2 Å². The van der Waals surface area contributed by atoms with Gasteiger partial charge in [0.05, 0.1) is 12.5 Å². The van der Waals surface area contributed by atoms with Crippen LogP contribution >= 0.6 is 0 Å². The van der Waals surface area contributed by atoms with Crippen LogP contribution < -0.4 is 5.32 Å². The van der Waals surface area contributed by atoms with Crippen molar-refractivity contribution in [3.63, 3.8) is 0 Å². The van der Waals surface area contributed by atoms with E-state index in [2.05, 4.69) is 10.3 Å². The number of hydrogen-bond acceptors (Lipinski definition) is 3. The van der Waals surface area contributed by atoms with Crippen LogP contribution in [-0.2, 0) is 0 Å². The first kappa shape index (κ1) is 11.9. The van der Waals surface area contributed by atoms with Crippen molar-refractivity contribution in [2.45, 2.75) is 0 Å². The minimum absolute atomic E-state index is 0.0443. The van der Waals surface area contributed by atoms with Gasteiger partial charge >= 0.3 is 0 Å². The molecule has 1 aliphatic heterocycles. The minimum Gasteiger partial charge on any atom is -0.335 e. The van der Waals surface area contributed by atoms with E-state index in [0.717, 1.165) is 31.9 Å². The van der Waals surface area contributed by atoms with Crippen LogP contribution in [0.3, 0.4) is 0 Å². The highest BCUT2D eigenvalue weighted by atomic mass is 16.2. The summed E-state index contributed by atoms with van der Waals surface area (Å²) in [4.78, 5) is 18.5. The van der Waals surface area contributed by atoms with Gasteiger partial charge in [-0.05, 0) is 12.1 Å². The van der Waals surface area contributed by atoms with Crippen molar-refractivity contribution < 1.29 is 4.79 Å². The smallest absolute Gasteiger partial charge is 0.272 e. The van der Waals surface area contributed by atoms with Gasteiger partial charge in [0.1, 0.15) is 5.69 Å². The minimum atomic E-state index is 0.0443. The molecule has 0 unspecified atom stereocenters. The molecule has 0 saturated carbocycles. The molecule has 98 valence electrons. The Labute approximate surface area is 111 Å². The van der Waals surface area contributed by atoms with Crippen molar-refractivity contribution in [1.82, 2.24) is 19.8 Å². The molecule has 5 nitrogen and oxygen atoms in total. The zero-order chi connectivity index (χ0) is 13.1. The maximum Gasteiger partial charge on any atom is 0.272 e. The lowest BCUT2D eigenvalue weighted by molar-refractivity contribution is 0.0727. The number of hydrogen-bond donors (Lipinski definition) is 1. The largest absolute Gasteiger partial charge is 0.335 e. The number of para-hydroxylation sites is 1. The van der Waals surface area contributed by atoms with Crippen LogP contribution in [0.4, 0.5) is 0 Å². The van der Waals surface area contributed by atoms with E-state index in [9.17, 15) is 4.79 Å². The van der Waals surface area contributed by atoms with Crippen LogP contribution in [0.5, 0.6) is 0 Å². The lowest BCUT2D eigenvalue weighted by Crippen LogP contribution is -2.46. The van der Waals surface area contributed by atoms with Crippen LogP contribution in [-0.4, -0.2) is 46.5 Å². The third-order valence-corrected chi connectivity index (χ3v) is 3.30. The quantitative estimate of drug-likeness (QED) is 0.869. The summed E-state index contributed by atoms with van der Waals surface area (Å²) < 4.78 is 1.84. The van der Waals surface area contributed by atoms with Gasteiger partial charge in [0.2, 0.25) is 0 Å². The van der Waals surface area contributed by atoms with Gasteiger partial charge < -0.3 is 10.2 Å². The van der Waals surface area contributed by atoms with E-state index in [0.29, 0.717) is 5.69 Å². The van der Waals surface area contributed by atoms with Crippen molar-refractivity contribution >= 4 is 5.91 Å². The molecule has 0 bridgehead atoms. The van der Waals surface area contributed by atoms with Crippen molar-refractivity contribution in [3.8, 4) is 5.69 Å². The number of benzene rings is 1. The standard InChI is InChI=1S/C14H16N4O/c19-14(17-8-6-15-7-9-17)13-10-16-11-18(13)12-4-2-1-3-5-12/h1-5,10-11,15H,6-9H2. The predicted octanol–water partition coefficient (Wildman–Crippen LogP) is 0.918. The summed E-state index contributed by atoms with van der Waals surface area (Å²) in [6.07, 6.45) is 3.32. The zero-order valence-corrected chi connectivity index (χ0v) is 10.6. The van der Waals surface area contributed by atoms with E-state index in [1.54, 1.807) is 12.5 Å². The van der Waals surface area contributed by atoms with Crippen molar-refractivity contribution in [3.05, 3.63) is 48.5 Å². The Bertz CT molecular complexity index is 558. The molecule has 2 aromatic rings. The fourth-order valence-corrected chi connectivity index (χ4v) is 2.28. The molecule has 1 saturated heterocycles. The lowest BCUT2D eigenvalue weighted by atomic mass is 10.3. The molecule has 0 aliphatic carbocycles. The molecule has 2 heterocycles. The second-order valence-electron chi connectivity index (χ2n) is 4.53. The monoisotopic (exact) mass is 256 g/mol. The molecule has 1 aliphatic rings. The normalized spacial score (nSPS) is 15.5. The maximum atomic E-state index is 12.5. The summed E-state index contributed by atoms with van der Waals surface area (Å²) in [5.41, 5.74) is 1.58. The van der Waals surface area contributed by atoms with Gasteiger partial charge in [0.15, 0.2) is 0 Å². The van der Waals surface area contributed by atoms with Gasteiger partial charge in [-0.1, -0.05) is 18.2 Å². The highest BCUT2D eigenvalue weighted by molar-refractivity contribution is 5.93. The molecule has 3 rings (SSSR count). The van der Waals surface area contributed by atoms with Crippen LogP contribution in [0.15, 0.2) is 42.9 Å². The van der Waals surface area contributed by atoms with Crippen molar-refractivity contribution in [2.24, 2.45) is 0 Å². The lowest BCUT2D eigenvalue weighted by Gasteiger charge is -2.27. The summed E-state index contributed by atoms with van der Waals surface area (Å²) in [7, 11) is 0. The van der Waals surface area contributed by atoms with Crippen LogP contribution in [0, 0.1) is 0 Å². The number of piperazine rings is 1. The number of carbonyl (C=O) groups excluding carboxylic acids is 1. The van der Waals surface area contributed by atoms with E-state index in [4.69, 9.17) is 0 Å². The molecule has 1 aromatic carbocycles. The highest BCUT2D eigenvalue weighted by Gasteiger charge is 2.21. The van der Waals surface area contributed by atoms with Gasteiger partial charge in [-0.25, -0.2) is 4.98 Å². The zero-order valence-electron chi connectivity index (χ0n) is 10.6. The van der Waals surface area contributed by atoms with Gasteiger partial charge in [-0.15, -0.1) is 0 Å². The number of amides is 1. The molecular formula is C14H16N4O. The second-order valence-corrected chi connectivity index (χ2v) is 4.53. The highest BCUT2D eigenvalue weighted by Crippen LogP contribution is 2.13. The molecule has 5 heteroatoms. The molecule has 1 N–H and O–H groups in total. The Balaban J connectivity index is 1.89. The third-order valence-electron chi connectivity index (χ3n) is 3.30. The van der Waals surface area contributed by atoms with Gasteiger partial charge in [-0.2, -0.15) is 0 Å². The Morgan fingerprint density at radius 2 is 1.89 bits per heavy atom. The molecular weight excluding hydrogens is 240 g/mol. The number of nitrogens with one attached hydrogen (secondary N) is 1. The second kappa shape index (κ2) is 5.24. The molecule has 0 atom stereocenters. The van der Waals surface area contributed by atoms with E-state index < -0.39 is 0 Å². The van der Waals surface area contributed by atoms with E-state index >= 15 is 0 Å². The van der Waals surface area contributed by atoms with E-state index in [1.165, 1.54) is 0 Å². The number of rotatable bonds is 2. The Hall–Kier alpha value is -2.14. The van der Waals surface area contributed by atoms with Crippen LogP contribution in [0.2, 0.25) is 0 Å². The number of carbonyl (C=O) groups is 1. The number of aromatic nitrogens is 2. The maximum absolute atomic E-state index is 12.5. The summed E-state index contributed by atoms with van der Waals surface area (Å²) in [5, 5.41) is 3.24. The molecule has 1 fully saturated rings. The summed E-state index contributed by atoms with van der Waals surface area (Å²) in [6, 6.07) is 9.80. The van der Waals surface area contributed by atoms with E-state index in [-0.39, 0.29) is 5.91 Å². The van der Waals surface area contributed by atoms with Crippen molar-refractivity contribution in [1.29, 1.82) is 0 Å². The summed E-state index contributed by atoms with van der Waals surface area (Å²) in [5.74, 6) is 0.0443. The van der Waals surface area contributed by atoms with Crippen LogP contribution in [0.25, 0.3) is 5.69 Å². The van der Waals surface area contributed by atoms with Gasteiger partial charge in [0, 0.05) is 31.9 Å². The van der Waals surface area contributed by atoms with Gasteiger partial charge in [-0.3, -0.25) is 9.36 Å². The molecule has 0 radical (unpaired) electrons. The number of imidazole rings is 1. The molecule has 19 heavy (non-hydrogen) atoms. The first-order valence-electron chi connectivity index (χ1n) is 6.44. The summed E-state index contributed by atoms with van der Waals surface area (Å²) in [6.45, 7) is 3.20. The molecule has 0 spiro atoms. The molecule has 1 aromatic heterocycles. The summed E-state index contributed by atoms with van der Waals surface area (Å²) >= 11 is 0. The SMILES string of the molecule is O=C(c1cncn1-c1ccccc1)N1CCNCC1. The predicted molar refractivity (Wildman–Crippen MR) is 72.3 cm³/mol. The average molecular weight is 256 g/mol. The fourth-order valence-electron chi connectivity index (χ4n) is 2.28. The van der Waals surface area contributed by atoms with Crippen molar-refractivity contribution in [2.75, 3.05) is 26.2 Å².